The summed E-state index contributed by atoms with van der Waals surface area (Å²) in [6.45, 7) is 1.87. The molecular weight excluding hydrogens is 342 g/mol. The third-order valence-corrected chi connectivity index (χ3v) is 4.80. The second-order valence-corrected chi connectivity index (χ2v) is 6.73. The average Bonchev–Trinajstić information content (AvgIpc) is 2.69. The van der Waals surface area contributed by atoms with Gasteiger partial charge < -0.3 is 10.4 Å². The monoisotopic (exact) mass is 363 g/mol. The number of carboxylic acids is 1. The molecule has 0 aliphatic heterocycles. The van der Waals surface area contributed by atoms with E-state index < -0.39 is 17.8 Å². The molecule has 0 unspecified atom stereocenters. The molecule has 0 fully saturated rings. The minimum atomic E-state index is -0.982. The molecule has 3 rings (SSSR count). The Morgan fingerprint density at radius 2 is 1.63 bits per heavy atom. The van der Waals surface area contributed by atoms with Crippen molar-refractivity contribution in [3.8, 4) is 0 Å². The minimum absolute atomic E-state index is 0.187. The van der Waals surface area contributed by atoms with Crippen molar-refractivity contribution in [3.05, 3.63) is 77.4 Å². The molecule has 0 saturated heterocycles. The van der Waals surface area contributed by atoms with E-state index in [0.717, 1.165) is 5.56 Å². The van der Waals surface area contributed by atoms with Gasteiger partial charge in [-0.1, -0.05) is 54.1 Å². The maximum absolute atomic E-state index is 12.9. The Morgan fingerprint density at radius 1 is 0.963 bits per heavy atom. The van der Waals surface area contributed by atoms with Gasteiger partial charge in [-0.05, 0) is 31.9 Å². The van der Waals surface area contributed by atoms with E-state index in [2.05, 4.69) is 5.32 Å². The Hall–Kier alpha value is -3.21. The van der Waals surface area contributed by atoms with E-state index in [0.29, 0.717) is 29.7 Å². The molecule has 2 aromatic rings. The van der Waals surface area contributed by atoms with Crippen molar-refractivity contribution < 1.29 is 19.5 Å². The van der Waals surface area contributed by atoms with Crippen LogP contribution in [0.5, 0.6) is 0 Å². The van der Waals surface area contributed by atoms with Gasteiger partial charge in [0.15, 0.2) is 5.78 Å². The summed E-state index contributed by atoms with van der Waals surface area (Å²) in [6.07, 6.45) is 4.32. The molecule has 2 N–H and O–H groups in total. The van der Waals surface area contributed by atoms with Crippen molar-refractivity contribution in [2.75, 3.05) is 5.32 Å². The van der Waals surface area contributed by atoms with E-state index in [1.165, 1.54) is 0 Å². The first-order valence-corrected chi connectivity index (χ1v) is 8.86. The number of hydrogen-bond acceptors (Lipinski definition) is 3. The highest BCUT2D eigenvalue weighted by atomic mass is 16.4. The summed E-state index contributed by atoms with van der Waals surface area (Å²) in [6, 6.07) is 14.1. The number of aliphatic carboxylic acids is 1. The number of hydrogen-bond donors (Lipinski definition) is 2. The summed E-state index contributed by atoms with van der Waals surface area (Å²) in [4.78, 5) is 37.1. The van der Waals surface area contributed by atoms with Crippen LogP contribution in [-0.4, -0.2) is 22.8 Å². The number of allylic oxidation sites excluding steroid dienone is 2. The zero-order valence-corrected chi connectivity index (χ0v) is 15.0. The number of carbonyl (C=O) groups is 3. The van der Waals surface area contributed by atoms with Crippen LogP contribution < -0.4 is 5.32 Å². The number of nitrogens with one attached hydrogen (secondary N) is 1. The Morgan fingerprint density at radius 3 is 2.30 bits per heavy atom. The van der Waals surface area contributed by atoms with E-state index in [-0.39, 0.29) is 11.7 Å². The van der Waals surface area contributed by atoms with Crippen LogP contribution in [0.3, 0.4) is 0 Å². The first-order valence-electron chi connectivity index (χ1n) is 8.86. The number of amides is 1. The predicted octanol–water partition coefficient (Wildman–Crippen LogP) is 3.83. The third-order valence-electron chi connectivity index (χ3n) is 4.80. The van der Waals surface area contributed by atoms with Crippen LogP contribution in [0.2, 0.25) is 0 Å². The predicted molar refractivity (Wildman–Crippen MR) is 103 cm³/mol. The lowest BCUT2D eigenvalue weighted by Gasteiger charge is -2.24. The van der Waals surface area contributed by atoms with Crippen LogP contribution in [0.4, 0.5) is 5.69 Å². The molecule has 0 heterocycles. The molecule has 1 aliphatic carbocycles. The van der Waals surface area contributed by atoms with Crippen molar-refractivity contribution in [2.24, 2.45) is 11.8 Å². The molecular formula is C22H21NO4. The minimum Gasteiger partial charge on any atom is -0.481 e. The Bertz CT molecular complexity index is 902. The summed E-state index contributed by atoms with van der Waals surface area (Å²) in [7, 11) is 0. The largest absolute Gasteiger partial charge is 0.481 e. The maximum atomic E-state index is 12.9. The average molecular weight is 363 g/mol. The molecule has 5 nitrogen and oxygen atoms in total. The summed E-state index contributed by atoms with van der Waals surface area (Å²) in [5.41, 5.74) is 2.23. The van der Waals surface area contributed by atoms with Gasteiger partial charge >= 0.3 is 5.97 Å². The second-order valence-electron chi connectivity index (χ2n) is 6.73. The lowest BCUT2D eigenvalue weighted by molar-refractivity contribution is -0.146. The quantitative estimate of drug-likeness (QED) is 0.625. The Balaban J connectivity index is 1.89. The molecule has 0 saturated carbocycles. The Kier molecular flexibility index (Phi) is 5.50. The number of benzene rings is 2. The zero-order chi connectivity index (χ0) is 19.4. The smallest absolute Gasteiger partial charge is 0.307 e. The summed E-state index contributed by atoms with van der Waals surface area (Å²) < 4.78 is 0. The van der Waals surface area contributed by atoms with Crippen LogP contribution in [0.1, 0.15) is 34.3 Å². The number of anilines is 1. The van der Waals surface area contributed by atoms with Crippen molar-refractivity contribution >= 4 is 23.3 Å². The van der Waals surface area contributed by atoms with Gasteiger partial charge in [-0.2, -0.15) is 0 Å². The molecule has 0 aromatic heterocycles. The van der Waals surface area contributed by atoms with Crippen molar-refractivity contribution in [3.63, 3.8) is 0 Å². The second kappa shape index (κ2) is 7.99. The molecule has 138 valence electrons. The lowest BCUT2D eigenvalue weighted by atomic mass is 9.82. The van der Waals surface area contributed by atoms with Crippen LogP contribution in [-0.2, 0) is 9.59 Å². The maximum Gasteiger partial charge on any atom is 0.307 e. The van der Waals surface area contributed by atoms with Gasteiger partial charge in [0.25, 0.3) is 0 Å². The number of rotatable bonds is 5. The van der Waals surface area contributed by atoms with Gasteiger partial charge in [-0.15, -0.1) is 0 Å². The van der Waals surface area contributed by atoms with Gasteiger partial charge in [-0.3, -0.25) is 14.4 Å². The fraction of sp³-hybridized carbons (Fsp3) is 0.227. The van der Waals surface area contributed by atoms with E-state index >= 15 is 0 Å². The molecule has 1 aliphatic rings. The molecule has 5 heteroatoms. The first-order chi connectivity index (χ1) is 13.0. The third kappa shape index (κ3) is 4.14. The first kappa shape index (κ1) is 18.6. The summed E-state index contributed by atoms with van der Waals surface area (Å²) >= 11 is 0. The van der Waals surface area contributed by atoms with Crippen molar-refractivity contribution in [2.45, 2.75) is 19.8 Å². The number of ketones is 1. The van der Waals surface area contributed by atoms with Crippen LogP contribution in [0.15, 0.2) is 60.7 Å². The molecule has 0 radical (unpaired) electrons. The zero-order valence-electron chi connectivity index (χ0n) is 15.0. The topological polar surface area (TPSA) is 83.5 Å². The van der Waals surface area contributed by atoms with E-state index in [1.54, 1.807) is 42.5 Å². The van der Waals surface area contributed by atoms with E-state index in [4.69, 9.17) is 0 Å². The lowest BCUT2D eigenvalue weighted by Crippen LogP contribution is -2.35. The van der Waals surface area contributed by atoms with Gasteiger partial charge in [0.2, 0.25) is 5.91 Å². The van der Waals surface area contributed by atoms with Gasteiger partial charge in [0, 0.05) is 11.1 Å². The van der Waals surface area contributed by atoms with Crippen LogP contribution in [0, 0.1) is 18.8 Å². The number of carbonyl (C=O) groups excluding carboxylic acids is 2. The molecule has 1 amide bonds. The molecule has 27 heavy (non-hydrogen) atoms. The van der Waals surface area contributed by atoms with Crippen molar-refractivity contribution in [1.82, 2.24) is 0 Å². The highest BCUT2D eigenvalue weighted by Crippen LogP contribution is 2.28. The van der Waals surface area contributed by atoms with Crippen LogP contribution >= 0.6 is 0 Å². The standard InChI is InChI=1S/C22H21NO4/c1-14-11-12-19(18(13-14)20(24)15-7-3-2-4-8-15)23-21(25)16-9-5-6-10-17(16)22(26)27/h2-8,11-13,16-17H,9-10H2,1H3,(H,23,25)(H,26,27)/t16-,17+/m1/s1. The molecule has 2 atom stereocenters. The highest BCUT2D eigenvalue weighted by Gasteiger charge is 2.34. The SMILES string of the molecule is Cc1ccc(NC(=O)[C@@H]2CC=CC[C@@H]2C(=O)O)c(C(=O)c2ccccc2)c1. The summed E-state index contributed by atoms with van der Waals surface area (Å²) in [5.74, 6) is -2.96. The van der Waals surface area contributed by atoms with Crippen LogP contribution in [0.25, 0.3) is 0 Å². The number of aryl methyl sites for hydroxylation is 1. The molecule has 2 aromatic carbocycles. The highest BCUT2D eigenvalue weighted by molar-refractivity contribution is 6.14. The Labute approximate surface area is 157 Å². The number of carboxylic acid groups (broad SMARTS) is 1. The fourth-order valence-electron chi connectivity index (χ4n) is 3.30. The van der Waals surface area contributed by atoms with Gasteiger partial charge in [0.05, 0.1) is 17.5 Å². The van der Waals surface area contributed by atoms with E-state index in [1.807, 2.05) is 25.1 Å². The fourth-order valence-corrected chi connectivity index (χ4v) is 3.30. The van der Waals surface area contributed by atoms with E-state index in [9.17, 15) is 19.5 Å². The van der Waals surface area contributed by atoms with Crippen molar-refractivity contribution in [1.29, 1.82) is 0 Å². The summed E-state index contributed by atoms with van der Waals surface area (Å²) in [5, 5.41) is 12.2. The van der Waals surface area contributed by atoms with Gasteiger partial charge in [-0.25, -0.2) is 0 Å². The van der Waals surface area contributed by atoms with Gasteiger partial charge in [0.1, 0.15) is 0 Å². The normalized spacial score (nSPS) is 18.7. The molecule has 0 spiro atoms. The molecule has 0 bridgehead atoms.